The summed E-state index contributed by atoms with van der Waals surface area (Å²) in [7, 11) is -2.43. The summed E-state index contributed by atoms with van der Waals surface area (Å²) in [6.07, 6.45) is 3.05. The van der Waals surface area contributed by atoms with Gasteiger partial charge >= 0.3 is 0 Å². The van der Waals surface area contributed by atoms with Crippen molar-refractivity contribution in [2.24, 2.45) is 0 Å². The molecule has 28 heavy (non-hydrogen) atoms. The van der Waals surface area contributed by atoms with Crippen LogP contribution >= 0.6 is 0 Å². The highest BCUT2D eigenvalue weighted by Gasteiger charge is 2.24. The van der Waals surface area contributed by atoms with Gasteiger partial charge < -0.3 is 10.1 Å². The maximum Gasteiger partial charge on any atom is 0.294 e. The highest BCUT2D eigenvalue weighted by atomic mass is 32.2. The van der Waals surface area contributed by atoms with E-state index in [-0.39, 0.29) is 22.4 Å². The molecule has 8 nitrogen and oxygen atoms in total. The van der Waals surface area contributed by atoms with Crippen molar-refractivity contribution in [1.82, 2.24) is 0 Å². The van der Waals surface area contributed by atoms with Gasteiger partial charge in [0.1, 0.15) is 5.69 Å². The van der Waals surface area contributed by atoms with Gasteiger partial charge in [-0.3, -0.25) is 14.4 Å². The normalized spacial score (nSPS) is 17.1. The zero-order valence-corrected chi connectivity index (χ0v) is 16.4. The van der Waals surface area contributed by atoms with E-state index in [0.29, 0.717) is 18.8 Å². The maximum atomic E-state index is 12.8. The molecule has 0 aromatic heterocycles. The van der Waals surface area contributed by atoms with Gasteiger partial charge in [-0.15, -0.1) is 0 Å². The molecule has 3 rings (SSSR count). The van der Waals surface area contributed by atoms with E-state index in [1.807, 2.05) is 0 Å². The van der Waals surface area contributed by atoms with E-state index in [4.69, 9.17) is 4.74 Å². The van der Waals surface area contributed by atoms with Gasteiger partial charge in [0.05, 0.1) is 21.6 Å². The van der Waals surface area contributed by atoms with Crippen molar-refractivity contribution in [1.29, 1.82) is 0 Å². The van der Waals surface area contributed by atoms with Gasteiger partial charge in [-0.05, 0) is 43.5 Å². The molecule has 0 unspecified atom stereocenters. The first kappa shape index (κ1) is 20.1. The number of nitrogens with one attached hydrogen (secondary N) is 1. The van der Waals surface area contributed by atoms with Gasteiger partial charge in [0.25, 0.3) is 15.7 Å². The fraction of sp³-hybridized carbons (Fsp3) is 0.368. The molecule has 150 valence electrons. The molecule has 1 fully saturated rings. The third-order valence-corrected chi connectivity index (χ3v) is 6.54. The minimum atomic E-state index is -3.81. The van der Waals surface area contributed by atoms with Crippen LogP contribution in [0.2, 0.25) is 0 Å². The van der Waals surface area contributed by atoms with Crippen LogP contribution in [0.1, 0.15) is 19.3 Å². The number of nitro groups is 1. The lowest BCUT2D eigenvalue weighted by molar-refractivity contribution is -0.383. The summed E-state index contributed by atoms with van der Waals surface area (Å²) in [6, 6.07) is 12.3. The van der Waals surface area contributed by atoms with Crippen LogP contribution in [-0.2, 0) is 14.8 Å². The predicted octanol–water partition coefficient (Wildman–Crippen LogP) is 3.40. The first-order chi connectivity index (χ1) is 13.4. The van der Waals surface area contributed by atoms with Crippen molar-refractivity contribution in [2.45, 2.75) is 30.3 Å². The van der Waals surface area contributed by atoms with Crippen molar-refractivity contribution < 1.29 is 18.1 Å². The average molecular weight is 405 g/mol. The van der Waals surface area contributed by atoms with E-state index < -0.39 is 14.9 Å². The van der Waals surface area contributed by atoms with E-state index in [1.54, 1.807) is 24.3 Å². The highest BCUT2D eigenvalue weighted by Crippen LogP contribution is 2.32. The molecule has 1 atom stereocenters. The summed E-state index contributed by atoms with van der Waals surface area (Å²) in [4.78, 5) is 11.1. The lowest BCUT2D eigenvalue weighted by atomic mass is 10.1. The van der Waals surface area contributed by atoms with Gasteiger partial charge in [0.15, 0.2) is 0 Å². The zero-order chi connectivity index (χ0) is 20.1. The zero-order valence-electron chi connectivity index (χ0n) is 15.6. The Bertz CT molecular complexity index is 928. The second-order valence-electron chi connectivity index (χ2n) is 6.61. The van der Waals surface area contributed by atoms with Crippen molar-refractivity contribution >= 4 is 27.1 Å². The summed E-state index contributed by atoms with van der Waals surface area (Å²) >= 11 is 0. The number of ether oxygens (including phenoxy) is 1. The van der Waals surface area contributed by atoms with E-state index in [2.05, 4.69) is 5.32 Å². The van der Waals surface area contributed by atoms with Crippen LogP contribution in [0.25, 0.3) is 0 Å². The number of rotatable bonds is 7. The second kappa shape index (κ2) is 8.57. The van der Waals surface area contributed by atoms with Crippen LogP contribution in [0.3, 0.4) is 0 Å². The summed E-state index contributed by atoms with van der Waals surface area (Å²) < 4.78 is 32.2. The molecular weight excluding hydrogens is 382 g/mol. The van der Waals surface area contributed by atoms with E-state index in [1.165, 1.54) is 31.3 Å². The highest BCUT2D eigenvalue weighted by molar-refractivity contribution is 7.92. The number of benzene rings is 2. The lowest BCUT2D eigenvalue weighted by Gasteiger charge is -2.23. The largest absolute Gasteiger partial charge is 0.377 e. The third-order valence-electron chi connectivity index (χ3n) is 4.74. The quantitative estimate of drug-likeness (QED) is 0.559. The first-order valence-electron chi connectivity index (χ1n) is 9.07. The molecule has 0 aliphatic carbocycles. The minimum Gasteiger partial charge on any atom is -0.377 e. The Morgan fingerprint density at radius 1 is 1.21 bits per heavy atom. The number of sulfonamides is 1. The van der Waals surface area contributed by atoms with Crippen molar-refractivity contribution in [3.05, 3.63) is 58.6 Å². The van der Waals surface area contributed by atoms with Crippen molar-refractivity contribution in [3.63, 3.8) is 0 Å². The Morgan fingerprint density at radius 2 is 1.96 bits per heavy atom. The van der Waals surface area contributed by atoms with Gasteiger partial charge in [-0.25, -0.2) is 8.42 Å². The molecule has 2 aromatic rings. The number of hydrogen-bond donors (Lipinski definition) is 1. The smallest absolute Gasteiger partial charge is 0.294 e. The standard InChI is InChI=1S/C19H23N3O5S/c1-21(28(25,26)17-8-3-2-4-9-17)15-10-11-18(19(13-15)22(23)24)20-14-16-7-5-6-12-27-16/h2-4,8-11,13,16,20H,5-7,12,14H2,1H3/t16-/m0/s1. The van der Waals surface area contributed by atoms with E-state index in [0.717, 1.165) is 23.6 Å². The number of nitro benzene ring substituents is 1. The Balaban J connectivity index is 1.82. The van der Waals surface area contributed by atoms with E-state index >= 15 is 0 Å². The fourth-order valence-electron chi connectivity index (χ4n) is 3.10. The van der Waals surface area contributed by atoms with E-state index in [9.17, 15) is 18.5 Å². The third kappa shape index (κ3) is 4.42. The molecule has 2 aromatic carbocycles. The molecule has 1 N–H and O–H groups in total. The Hall–Kier alpha value is -2.65. The fourth-order valence-corrected chi connectivity index (χ4v) is 4.31. The SMILES string of the molecule is CN(c1ccc(NC[C@@H]2CCCCO2)c([N+](=O)[O-])c1)S(=O)(=O)c1ccccc1. The van der Waals surface area contributed by atoms with Gasteiger partial charge in [-0.2, -0.15) is 0 Å². The average Bonchev–Trinajstić information content (AvgIpc) is 2.73. The monoisotopic (exact) mass is 405 g/mol. The molecule has 0 spiro atoms. The topological polar surface area (TPSA) is 102 Å². The molecule has 1 heterocycles. The molecule has 1 aliphatic heterocycles. The van der Waals surface area contributed by atoms with Gasteiger partial charge in [-0.1, -0.05) is 18.2 Å². The van der Waals surface area contributed by atoms with Crippen LogP contribution in [-0.4, -0.2) is 39.6 Å². The van der Waals surface area contributed by atoms with Gasteiger partial charge in [0.2, 0.25) is 0 Å². The van der Waals surface area contributed by atoms with Gasteiger partial charge in [0, 0.05) is 26.3 Å². The van der Waals surface area contributed by atoms with Crippen LogP contribution in [0.4, 0.5) is 17.1 Å². The summed E-state index contributed by atoms with van der Waals surface area (Å²) in [6.45, 7) is 1.17. The van der Waals surface area contributed by atoms with Crippen LogP contribution in [0.15, 0.2) is 53.4 Å². The van der Waals surface area contributed by atoms with Crippen LogP contribution in [0, 0.1) is 10.1 Å². The molecule has 1 saturated heterocycles. The molecule has 0 bridgehead atoms. The molecule has 0 amide bonds. The Kier molecular flexibility index (Phi) is 6.15. The van der Waals surface area contributed by atoms with Crippen molar-refractivity contribution in [2.75, 3.05) is 29.8 Å². The Labute approximate surface area is 164 Å². The lowest BCUT2D eigenvalue weighted by Crippen LogP contribution is -2.28. The van der Waals surface area contributed by atoms with Crippen LogP contribution in [0.5, 0.6) is 0 Å². The first-order valence-corrected chi connectivity index (χ1v) is 10.5. The summed E-state index contributed by atoms with van der Waals surface area (Å²) in [5.74, 6) is 0. The summed E-state index contributed by atoms with van der Waals surface area (Å²) in [5.41, 5.74) is 0.381. The maximum absolute atomic E-state index is 12.8. The summed E-state index contributed by atoms with van der Waals surface area (Å²) in [5, 5.41) is 14.6. The number of anilines is 2. The molecule has 9 heteroatoms. The van der Waals surface area contributed by atoms with Crippen LogP contribution < -0.4 is 9.62 Å². The van der Waals surface area contributed by atoms with Crippen molar-refractivity contribution in [3.8, 4) is 0 Å². The second-order valence-corrected chi connectivity index (χ2v) is 8.58. The molecule has 0 saturated carbocycles. The molecule has 0 radical (unpaired) electrons. The number of hydrogen-bond acceptors (Lipinski definition) is 6. The molecule has 1 aliphatic rings. The molecular formula is C19H23N3O5S. The number of nitrogens with zero attached hydrogens (tertiary/aromatic N) is 2. The predicted molar refractivity (Wildman–Crippen MR) is 107 cm³/mol. The Morgan fingerprint density at radius 3 is 2.61 bits per heavy atom. The minimum absolute atomic E-state index is 0.0224.